The summed E-state index contributed by atoms with van der Waals surface area (Å²) in [5.41, 5.74) is 1.65. The zero-order valence-electron chi connectivity index (χ0n) is 9.57. The van der Waals surface area contributed by atoms with Crippen LogP contribution in [0.3, 0.4) is 0 Å². The predicted octanol–water partition coefficient (Wildman–Crippen LogP) is 1.67. The second-order valence-electron chi connectivity index (χ2n) is 3.93. The molecule has 1 amide bonds. The van der Waals surface area contributed by atoms with E-state index in [1.807, 2.05) is 30.5 Å². The van der Waals surface area contributed by atoms with Gasteiger partial charge in [-0.2, -0.15) is 0 Å². The van der Waals surface area contributed by atoms with Crippen molar-refractivity contribution >= 4 is 16.8 Å². The fourth-order valence-electron chi connectivity index (χ4n) is 1.82. The fourth-order valence-corrected chi connectivity index (χ4v) is 1.82. The van der Waals surface area contributed by atoms with E-state index in [4.69, 9.17) is 5.11 Å². The monoisotopic (exact) mass is 232 g/mol. The molecule has 0 saturated carbocycles. The number of amides is 1. The molecule has 0 radical (unpaired) electrons. The van der Waals surface area contributed by atoms with Crippen molar-refractivity contribution in [3.63, 3.8) is 0 Å². The molecule has 0 bridgehead atoms. The van der Waals surface area contributed by atoms with Crippen molar-refractivity contribution < 1.29 is 9.90 Å². The fraction of sp³-hybridized carbons (Fsp3) is 0.308. The summed E-state index contributed by atoms with van der Waals surface area (Å²) in [6.45, 7) is 0.767. The van der Waals surface area contributed by atoms with Crippen molar-refractivity contribution in [3.8, 4) is 0 Å². The number of benzene rings is 1. The maximum Gasteiger partial charge on any atom is 0.251 e. The van der Waals surface area contributed by atoms with Gasteiger partial charge in [-0.1, -0.05) is 6.07 Å². The number of aliphatic hydroxyl groups is 1. The summed E-state index contributed by atoms with van der Waals surface area (Å²) in [5, 5.41) is 12.4. The number of rotatable bonds is 5. The van der Waals surface area contributed by atoms with Gasteiger partial charge in [-0.25, -0.2) is 0 Å². The van der Waals surface area contributed by atoms with Gasteiger partial charge in [-0.15, -0.1) is 0 Å². The highest BCUT2D eigenvalue weighted by atomic mass is 16.2. The van der Waals surface area contributed by atoms with Gasteiger partial charge in [-0.05, 0) is 31.0 Å². The number of carbonyl (C=O) groups is 1. The Hall–Kier alpha value is -1.81. The van der Waals surface area contributed by atoms with Crippen LogP contribution in [0.2, 0.25) is 0 Å². The Morgan fingerprint density at radius 3 is 3.00 bits per heavy atom. The number of aromatic nitrogens is 1. The van der Waals surface area contributed by atoms with Crippen LogP contribution in [0.15, 0.2) is 30.5 Å². The zero-order chi connectivity index (χ0) is 12.1. The Balaban J connectivity index is 2.06. The quantitative estimate of drug-likeness (QED) is 0.686. The molecule has 1 aromatic heterocycles. The van der Waals surface area contributed by atoms with E-state index in [-0.39, 0.29) is 12.5 Å². The average Bonchev–Trinajstić information content (AvgIpc) is 2.82. The van der Waals surface area contributed by atoms with E-state index < -0.39 is 0 Å². The van der Waals surface area contributed by atoms with Gasteiger partial charge in [0.2, 0.25) is 0 Å². The van der Waals surface area contributed by atoms with E-state index >= 15 is 0 Å². The number of hydrogen-bond donors (Lipinski definition) is 3. The minimum atomic E-state index is -0.0619. The van der Waals surface area contributed by atoms with Crippen molar-refractivity contribution in [2.45, 2.75) is 12.8 Å². The molecule has 0 unspecified atom stereocenters. The molecule has 17 heavy (non-hydrogen) atoms. The standard InChI is InChI=1S/C13H16N2O2/c16-9-2-1-7-15-13(17)11-4-3-5-12-10(11)6-8-14-12/h3-6,8,14,16H,1-2,7,9H2,(H,15,17). The number of aromatic amines is 1. The zero-order valence-corrected chi connectivity index (χ0v) is 9.57. The Labute approximate surface area is 99.7 Å². The number of aliphatic hydroxyl groups excluding tert-OH is 1. The maximum absolute atomic E-state index is 11.9. The lowest BCUT2D eigenvalue weighted by Crippen LogP contribution is -2.24. The van der Waals surface area contributed by atoms with Gasteiger partial charge in [0.1, 0.15) is 0 Å². The van der Waals surface area contributed by atoms with Crippen LogP contribution >= 0.6 is 0 Å². The van der Waals surface area contributed by atoms with Gasteiger partial charge in [0.25, 0.3) is 5.91 Å². The van der Waals surface area contributed by atoms with E-state index in [0.717, 1.165) is 17.3 Å². The third-order valence-corrected chi connectivity index (χ3v) is 2.71. The SMILES string of the molecule is O=C(NCCCCO)c1cccc2[nH]ccc12. The number of unbranched alkanes of at least 4 members (excludes halogenated alkanes) is 1. The second-order valence-corrected chi connectivity index (χ2v) is 3.93. The lowest BCUT2D eigenvalue weighted by atomic mass is 10.1. The first-order valence-electron chi connectivity index (χ1n) is 5.78. The molecule has 0 fully saturated rings. The Morgan fingerprint density at radius 2 is 2.18 bits per heavy atom. The average molecular weight is 232 g/mol. The largest absolute Gasteiger partial charge is 0.396 e. The van der Waals surface area contributed by atoms with Crippen LogP contribution < -0.4 is 5.32 Å². The Bertz CT molecular complexity index is 505. The van der Waals surface area contributed by atoms with Crippen molar-refractivity contribution in [1.82, 2.24) is 10.3 Å². The molecule has 0 aliphatic rings. The molecular weight excluding hydrogens is 216 g/mol. The van der Waals surface area contributed by atoms with Gasteiger partial charge in [0, 0.05) is 35.8 Å². The minimum Gasteiger partial charge on any atom is -0.396 e. The Kier molecular flexibility index (Phi) is 3.77. The van der Waals surface area contributed by atoms with Gasteiger partial charge < -0.3 is 15.4 Å². The molecule has 4 heteroatoms. The summed E-state index contributed by atoms with van der Waals surface area (Å²) in [6.07, 6.45) is 3.34. The van der Waals surface area contributed by atoms with Gasteiger partial charge in [0.15, 0.2) is 0 Å². The van der Waals surface area contributed by atoms with E-state index in [2.05, 4.69) is 10.3 Å². The van der Waals surface area contributed by atoms with Crippen LogP contribution in [-0.2, 0) is 0 Å². The highest BCUT2D eigenvalue weighted by Crippen LogP contribution is 2.16. The van der Waals surface area contributed by atoms with Crippen LogP contribution in [-0.4, -0.2) is 29.1 Å². The number of carbonyl (C=O) groups excluding carboxylic acids is 1. The van der Waals surface area contributed by atoms with Crippen LogP contribution in [0.5, 0.6) is 0 Å². The molecule has 0 aliphatic heterocycles. The van der Waals surface area contributed by atoms with Gasteiger partial charge in [-0.3, -0.25) is 4.79 Å². The van der Waals surface area contributed by atoms with Gasteiger partial charge in [0.05, 0.1) is 0 Å². The maximum atomic E-state index is 11.9. The summed E-state index contributed by atoms with van der Waals surface area (Å²) < 4.78 is 0. The number of nitrogens with one attached hydrogen (secondary N) is 2. The minimum absolute atomic E-state index is 0.0619. The molecule has 0 aliphatic carbocycles. The smallest absolute Gasteiger partial charge is 0.251 e. The van der Waals surface area contributed by atoms with Crippen LogP contribution in [0.25, 0.3) is 10.9 Å². The van der Waals surface area contributed by atoms with Crippen molar-refractivity contribution in [1.29, 1.82) is 0 Å². The summed E-state index contributed by atoms with van der Waals surface area (Å²) in [5.74, 6) is -0.0619. The van der Waals surface area contributed by atoms with Crippen molar-refractivity contribution in [3.05, 3.63) is 36.0 Å². The molecule has 4 nitrogen and oxygen atoms in total. The highest BCUT2D eigenvalue weighted by molar-refractivity contribution is 6.06. The molecule has 1 heterocycles. The topological polar surface area (TPSA) is 65.1 Å². The van der Waals surface area contributed by atoms with Crippen molar-refractivity contribution in [2.75, 3.05) is 13.2 Å². The van der Waals surface area contributed by atoms with E-state index in [1.165, 1.54) is 0 Å². The molecule has 0 saturated heterocycles. The summed E-state index contributed by atoms with van der Waals surface area (Å²) in [4.78, 5) is 15.0. The number of fused-ring (bicyclic) bond motifs is 1. The summed E-state index contributed by atoms with van der Waals surface area (Å²) in [7, 11) is 0. The first kappa shape index (κ1) is 11.7. The van der Waals surface area contributed by atoms with E-state index in [9.17, 15) is 4.79 Å². The van der Waals surface area contributed by atoms with Gasteiger partial charge >= 0.3 is 0 Å². The highest BCUT2D eigenvalue weighted by Gasteiger charge is 2.09. The molecule has 2 aromatic rings. The molecule has 90 valence electrons. The second kappa shape index (κ2) is 5.50. The Morgan fingerprint density at radius 1 is 1.29 bits per heavy atom. The van der Waals surface area contributed by atoms with Crippen LogP contribution in [0.1, 0.15) is 23.2 Å². The lowest BCUT2D eigenvalue weighted by Gasteiger charge is -2.05. The molecule has 3 N–H and O–H groups in total. The normalized spacial score (nSPS) is 10.6. The molecular formula is C13H16N2O2. The van der Waals surface area contributed by atoms with E-state index in [1.54, 1.807) is 0 Å². The third kappa shape index (κ3) is 2.65. The van der Waals surface area contributed by atoms with Crippen LogP contribution in [0.4, 0.5) is 0 Å². The molecule has 0 spiro atoms. The van der Waals surface area contributed by atoms with E-state index in [0.29, 0.717) is 18.5 Å². The molecule has 1 aromatic carbocycles. The summed E-state index contributed by atoms with van der Waals surface area (Å²) >= 11 is 0. The summed E-state index contributed by atoms with van der Waals surface area (Å²) in [6, 6.07) is 7.52. The first-order valence-corrected chi connectivity index (χ1v) is 5.78. The van der Waals surface area contributed by atoms with Crippen LogP contribution in [0, 0.1) is 0 Å². The first-order chi connectivity index (χ1) is 8.33. The third-order valence-electron chi connectivity index (χ3n) is 2.71. The lowest BCUT2D eigenvalue weighted by molar-refractivity contribution is 0.0953. The molecule has 2 rings (SSSR count). The molecule has 0 atom stereocenters. The number of hydrogen-bond acceptors (Lipinski definition) is 2. The van der Waals surface area contributed by atoms with Crippen molar-refractivity contribution in [2.24, 2.45) is 0 Å². The number of H-pyrrole nitrogens is 1. The predicted molar refractivity (Wildman–Crippen MR) is 67.0 cm³/mol.